The lowest BCUT2D eigenvalue weighted by atomic mass is 9.83. The number of amides is 2. The molecule has 2 amide bonds. The molecule has 1 aliphatic heterocycles. The number of piperidine rings is 1. The van der Waals surface area contributed by atoms with Gasteiger partial charge in [-0.05, 0) is 48.2 Å². The molecule has 0 saturated carbocycles. The van der Waals surface area contributed by atoms with Crippen LogP contribution in [0.15, 0.2) is 48.5 Å². The molecule has 6 heteroatoms. The molecule has 0 aromatic heterocycles. The fourth-order valence-corrected chi connectivity index (χ4v) is 4.10. The maximum Gasteiger partial charge on any atom is 0.225 e. The van der Waals surface area contributed by atoms with E-state index in [0.717, 1.165) is 35.5 Å². The van der Waals surface area contributed by atoms with Gasteiger partial charge in [-0.2, -0.15) is 0 Å². The van der Waals surface area contributed by atoms with Crippen molar-refractivity contribution in [3.05, 3.63) is 59.7 Å². The quantitative estimate of drug-likeness (QED) is 0.658. The molecular weight excluding hydrogens is 392 g/mol. The Morgan fingerprint density at radius 3 is 2.23 bits per heavy atom. The first-order valence-corrected chi connectivity index (χ1v) is 10.9. The molecule has 6 nitrogen and oxygen atoms in total. The molecule has 31 heavy (non-hydrogen) atoms. The largest absolute Gasteiger partial charge is 0.497 e. The monoisotopic (exact) mass is 424 g/mol. The van der Waals surface area contributed by atoms with E-state index >= 15 is 0 Å². The van der Waals surface area contributed by atoms with Crippen LogP contribution in [0, 0.1) is 5.92 Å². The minimum Gasteiger partial charge on any atom is -0.497 e. The van der Waals surface area contributed by atoms with E-state index in [4.69, 9.17) is 9.47 Å². The second kappa shape index (κ2) is 10.8. The lowest BCUT2D eigenvalue weighted by Gasteiger charge is -2.41. The molecule has 1 N–H and O–H groups in total. The van der Waals surface area contributed by atoms with Gasteiger partial charge in [-0.3, -0.25) is 9.59 Å². The number of likely N-dealkylation sites (tertiary alicyclic amines) is 1. The summed E-state index contributed by atoms with van der Waals surface area (Å²) in [5.41, 5.74) is 1.97. The Balaban J connectivity index is 1.79. The van der Waals surface area contributed by atoms with Crippen LogP contribution in [0.4, 0.5) is 0 Å². The van der Waals surface area contributed by atoms with E-state index in [2.05, 4.69) is 12.2 Å². The van der Waals surface area contributed by atoms with E-state index in [9.17, 15) is 9.59 Å². The van der Waals surface area contributed by atoms with E-state index in [-0.39, 0.29) is 23.8 Å². The number of methoxy groups -OCH3 is 2. The number of carbonyl (C=O) groups excluding carboxylic acids is 2. The van der Waals surface area contributed by atoms with Gasteiger partial charge < -0.3 is 19.7 Å². The number of rotatable bonds is 9. The number of unbranched alkanes of at least 4 members (excludes halogenated alkanes) is 1. The molecule has 2 atom stereocenters. The van der Waals surface area contributed by atoms with Crippen molar-refractivity contribution in [1.29, 1.82) is 0 Å². The van der Waals surface area contributed by atoms with Gasteiger partial charge in [-0.25, -0.2) is 0 Å². The molecule has 2 aromatic carbocycles. The highest BCUT2D eigenvalue weighted by molar-refractivity contribution is 5.85. The first kappa shape index (κ1) is 22.7. The highest BCUT2D eigenvalue weighted by Gasteiger charge is 2.40. The molecule has 166 valence electrons. The van der Waals surface area contributed by atoms with Crippen molar-refractivity contribution in [3.8, 4) is 11.5 Å². The predicted molar refractivity (Wildman–Crippen MR) is 120 cm³/mol. The Kier molecular flexibility index (Phi) is 7.93. The van der Waals surface area contributed by atoms with Crippen molar-refractivity contribution in [2.75, 3.05) is 20.8 Å². The summed E-state index contributed by atoms with van der Waals surface area (Å²) in [5.74, 6) is 1.35. The Morgan fingerprint density at radius 1 is 1.03 bits per heavy atom. The van der Waals surface area contributed by atoms with E-state index in [1.54, 1.807) is 14.2 Å². The third-order valence-corrected chi connectivity index (χ3v) is 5.88. The zero-order valence-electron chi connectivity index (χ0n) is 18.6. The fourth-order valence-electron chi connectivity index (χ4n) is 4.10. The van der Waals surface area contributed by atoms with Gasteiger partial charge in [0, 0.05) is 19.5 Å². The van der Waals surface area contributed by atoms with Crippen LogP contribution in [0.1, 0.15) is 49.8 Å². The molecule has 0 unspecified atom stereocenters. The minimum atomic E-state index is -0.291. The average Bonchev–Trinajstić information content (AvgIpc) is 2.82. The Hall–Kier alpha value is -3.02. The summed E-state index contributed by atoms with van der Waals surface area (Å²) in [7, 11) is 3.26. The van der Waals surface area contributed by atoms with Gasteiger partial charge in [-0.1, -0.05) is 37.6 Å². The second-order valence-electron chi connectivity index (χ2n) is 7.87. The highest BCUT2D eigenvalue weighted by atomic mass is 16.5. The standard InChI is InChI=1S/C25H32N2O4/c1-4-5-16-27-23(28)15-14-22(24(27)19-8-12-21(31-3)13-9-19)25(29)26-17-18-6-10-20(30-2)11-7-18/h6-13,22,24H,4-5,14-17H2,1-3H3,(H,26,29)/t22-,24-/m1/s1. The van der Waals surface area contributed by atoms with Crippen LogP contribution in [-0.2, 0) is 16.1 Å². The zero-order valence-corrected chi connectivity index (χ0v) is 18.6. The number of ether oxygens (including phenoxy) is 2. The molecule has 1 saturated heterocycles. The smallest absolute Gasteiger partial charge is 0.225 e. The number of hydrogen-bond donors (Lipinski definition) is 1. The summed E-state index contributed by atoms with van der Waals surface area (Å²) in [6.07, 6.45) is 2.86. The Bertz CT molecular complexity index is 864. The van der Waals surface area contributed by atoms with Crippen LogP contribution in [0.25, 0.3) is 0 Å². The average molecular weight is 425 g/mol. The Morgan fingerprint density at radius 2 is 1.65 bits per heavy atom. The van der Waals surface area contributed by atoms with Crippen LogP contribution in [-0.4, -0.2) is 37.5 Å². The van der Waals surface area contributed by atoms with Crippen LogP contribution in [0.2, 0.25) is 0 Å². The van der Waals surface area contributed by atoms with E-state index < -0.39 is 0 Å². The lowest BCUT2D eigenvalue weighted by molar-refractivity contribution is -0.143. The minimum absolute atomic E-state index is 0.0226. The van der Waals surface area contributed by atoms with Gasteiger partial charge in [0.25, 0.3) is 0 Å². The second-order valence-corrected chi connectivity index (χ2v) is 7.87. The predicted octanol–water partition coefficient (Wildman–Crippen LogP) is 4.10. The van der Waals surface area contributed by atoms with Gasteiger partial charge in [-0.15, -0.1) is 0 Å². The SMILES string of the molecule is CCCCN1C(=O)CC[C@@H](C(=O)NCc2ccc(OC)cc2)[C@H]1c1ccc(OC)cc1. The summed E-state index contributed by atoms with van der Waals surface area (Å²) >= 11 is 0. The van der Waals surface area contributed by atoms with Crippen molar-refractivity contribution in [2.24, 2.45) is 5.92 Å². The highest BCUT2D eigenvalue weighted by Crippen LogP contribution is 2.37. The maximum atomic E-state index is 13.2. The van der Waals surface area contributed by atoms with Crippen molar-refractivity contribution in [3.63, 3.8) is 0 Å². The molecule has 1 heterocycles. The van der Waals surface area contributed by atoms with Gasteiger partial charge in [0.15, 0.2) is 0 Å². The number of benzene rings is 2. The van der Waals surface area contributed by atoms with Crippen LogP contribution in [0.3, 0.4) is 0 Å². The molecule has 0 aliphatic carbocycles. The van der Waals surface area contributed by atoms with E-state index in [1.807, 2.05) is 53.4 Å². The Labute approximate surface area is 184 Å². The summed E-state index contributed by atoms with van der Waals surface area (Å²) in [4.78, 5) is 27.9. The molecule has 0 spiro atoms. The third kappa shape index (κ3) is 5.57. The molecule has 1 fully saturated rings. The van der Waals surface area contributed by atoms with Crippen molar-refractivity contribution in [2.45, 2.75) is 45.2 Å². The zero-order chi connectivity index (χ0) is 22.2. The topological polar surface area (TPSA) is 67.9 Å². The molecule has 0 radical (unpaired) electrons. The first-order chi connectivity index (χ1) is 15.1. The third-order valence-electron chi connectivity index (χ3n) is 5.88. The van der Waals surface area contributed by atoms with E-state index in [0.29, 0.717) is 25.9 Å². The number of carbonyl (C=O) groups is 2. The summed E-state index contributed by atoms with van der Waals surface area (Å²) < 4.78 is 10.5. The lowest BCUT2D eigenvalue weighted by Crippen LogP contribution is -2.48. The molecule has 1 aliphatic rings. The summed E-state index contributed by atoms with van der Waals surface area (Å²) in [5, 5.41) is 3.08. The van der Waals surface area contributed by atoms with Gasteiger partial charge in [0.1, 0.15) is 11.5 Å². The van der Waals surface area contributed by atoms with Crippen LogP contribution in [0.5, 0.6) is 11.5 Å². The molecule has 0 bridgehead atoms. The van der Waals surface area contributed by atoms with Crippen molar-refractivity contribution >= 4 is 11.8 Å². The van der Waals surface area contributed by atoms with Crippen molar-refractivity contribution in [1.82, 2.24) is 10.2 Å². The van der Waals surface area contributed by atoms with Gasteiger partial charge >= 0.3 is 0 Å². The van der Waals surface area contributed by atoms with Gasteiger partial charge in [0.05, 0.1) is 26.2 Å². The normalized spacial score (nSPS) is 18.5. The first-order valence-electron chi connectivity index (χ1n) is 10.9. The number of nitrogens with one attached hydrogen (secondary N) is 1. The van der Waals surface area contributed by atoms with Crippen molar-refractivity contribution < 1.29 is 19.1 Å². The van der Waals surface area contributed by atoms with Gasteiger partial charge in [0.2, 0.25) is 11.8 Å². The molecular formula is C25H32N2O4. The summed E-state index contributed by atoms with van der Waals surface area (Å²) in [6, 6.07) is 15.1. The molecule has 2 aromatic rings. The maximum absolute atomic E-state index is 13.2. The van der Waals surface area contributed by atoms with E-state index in [1.165, 1.54) is 0 Å². The fraction of sp³-hybridized carbons (Fsp3) is 0.440. The summed E-state index contributed by atoms with van der Waals surface area (Å²) in [6.45, 7) is 3.21. The number of hydrogen-bond acceptors (Lipinski definition) is 4. The van der Waals surface area contributed by atoms with Crippen LogP contribution < -0.4 is 14.8 Å². The number of nitrogens with zero attached hydrogens (tertiary/aromatic N) is 1. The van der Waals surface area contributed by atoms with Crippen LogP contribution >= 0.6 is 0 Å². The molecule has 3 rings (SSSR count).